The summed E-state index contributed by atoms with van der Waals surface area (Å²) in [7, 11) is 3.03. The zero-order chi connectivity index (χ0) is 20.5. The predicted molar refractivity (Wildman–Crippen MR) is 110 cm³/mol. The van der Waals surface area contributed by atoms with Gasteiger partial charge in [0.2, 0.25) is 5.91 Å². The molecule has 2 aromatic rings. The molecule has 0 aliphatic carbocycles. The van der Waals surface area contributed by atoms with Gasteiger partial charge in [-0.2, -0.15) is 0 Å². The summed E-state index contributed by atoms with van der Waals surface area (Å²) in [6.07, 6.45) is 0.860. The molecule has 6 nitrogen and oxygen atoms in total. The van der Waals surface area contributed by atoms with Gasteiger partial charge in [-0.25, -0.2) is 0 Å². The van der Waals surface area contributed by atoms with Crippen LogP contribution >= 0.6 is 11.6 Å². The van der Waals surface area contributed by atoms with Crippen LogP contribution in [0.4, 0.5) is 5.69 Å². The number of anilines is 1. The van der Waals surface area contributed by atoms with Gasteiger partial charge < -0.3 is 24.3 Å². The van der Waals surface area contributed by atoms with E-state index in [0.717, 1.165) is 5.56 Å². The monoisotopic (exact) mass is 407 g/mol. The molecule has 1 N–H and O–H groups in total. The zero-order valence-electron chi connectivity index (χ0n) is 16.6. The number of benzene rings is 2. The summed E-state index contributed by atoms with van der Waals surface area (Å²) < 4.78 is 21.7. The minimum absolute atomic E-state index is 0.144. The van der Waals surface area contributed by atoms with Crippen molar-refractivity contribution in [3.8, 4) is 23.0 Å². The van der Waals surface area contributed by atoms with Gasteiger partial charge in [0.15, 0.2) is 11.5 Å². The third-order valence-corrected chi connectivity index (χ3v) is 4.29. The molecule has 0 radical (unpaired) electrons. The lowest BCUT2D eigenvalue weighted by molar-refractivity contribution is -0.116. The van der Waals surface area contributed by atoms with Crippen molar-refractivity contribution in [1.29, 1.82) is 0 Å². The Morgan fingerprint density at radius 1 is 0.929 bits per heavy atom. The van der Waals surface area contributed by atoms with Crippen molar-refractivity contribution in [3.63, 3.8) is 0 Å². The number of hydrogen-bond acceptors (Lipinski definition) is 5. The van der Waals surface area contributed by atoms with E-state index in [4.69, 9.17) is 30.5 Å². The van der Waals surface area contributed by atoms with E-state index in [0.29, 0.717) is 59.8 Å². The van der Waals surface area contributed by atoms with Gasteiger partial charge in [0.25, 0.3) is 0 Å². The Morgan fingerprint density at radius 3 is 2.25 bits per heavy atom. The number of carbonyl (C=O) groups is 1. The second-order valence-corrected chi connectivity index (χ2v) is 6.29. The van der Waals surface area contributed by atoms with Gasteiger partial charge in [0, 0.05) is 18.6 Å². The maximum atomic E-state index is 12.4. The summed E-state index contributed by atoms with van der Waals surface area (Å²) in [5.41, 5.74) is 1.50. The standard InChI is InChI=1S/C21H26ClNO5/c1-5-27-17-9-7-14(11-20(17)28-6-2)8-10-21(24)23-16-13-18(25-3)15(22)12-19(16)26-4/h7,9,11-13H,5-6,8,10H2,1-4H3,(H,23,24). The number of aryl methyl sites for hydroxylation is 1. The molecule has 0 unspecified atom stereocenters. The third-order valence-electron chi connectivity index (χ3n) is 4.00. The molecule has 0 bridgehead atoms. The van der Waals surface area contributed by atoms with E-state index in [1.807, 2.05) is 32.0 Å². The van der Waals surface area contributed by atoms with Crippen LogP contribution in [0.1, 0.15) is 25.8 Å². The number of nitrogens with one attached hydrogen (secondary N) is 1. The molecular weight excluding hydrogens is 382 g/mol. The van der Waals surface area contributed by atoms with Gasteiger partial charge in [-0.3, -0.25) is 4.79 Å². The average molecular weight is 408 g/mol. The minimum Gasteiger partial charge on any atom is -0.495 e. The highest BCUT2D eigenvalue weighted by atomic mass is 35.5. The summed E-state index contributed by atoms with van der Waals surface area (Å²) in [5, 5.41) is 3.26. The van der Waals surface area contributed by atoms with Crippen molar-refractivity contribution in [2.24, 2.45) is 0 Å². The van der Waals surface area contributed by atoms with Gasteiger partial charge >= 0.3 is 0 Å². The van der Waals surface area contributed by atoms with Crippen LogP contribution < -0.4 is 24.3 Å². The normalized spacial score (nSPS) is 10.3. The highest BCUT2D eigenvalue weighted by Gasteiger charge is 2.13. The van der Waals surface area contributed by atoms with E-state index in [1.54, 1.807) is 12.1 Å². The molecule has 0 aromatic heterocycles. The lowest BCUT2D eigenvalue weighted by Gasteiger charge is -2.14. The van der Waals surface area contributed by atoms with Crippen molar-refractivity contribution in [2.45, 2.75) is 26.7 Å². The number of methoxy groups -OCH3 is 2. The van der Waals surface area contributed by atoms with Crippen LogP contribution in [0.2, 0.25) is 5.02 Å². The molecule has 0 saturated heterocycles. The van der Waals surface area contributed by atoms with Crippen molar-refractivity contribution >= 4 is 23.2 Å². The molecule has 28 heavy (non-hydrogen) atoms. The molecule has 7 heteroatoms. The van der Waals surface area contributed by atoms with Crippen LogP contribution in [0.5, 0.6) is 23.0 Å². The van der Waals surface area contributed by atoms with Crippen LogP contribution in [0.3, 0.4) is 0 Å². The smallest absolute Gasteiger partial charge is 0.224 e. The third kappa shape index (κ3) is 5.70. The van der Waals surface area contributed by atoms with E-state index >= 15 is 0 Å². The lowest BCUT2D eigenvalue weighted by atomic mass is 10.1. The fraction of sp³-hybridized carbons (Fsp3) is 0.381. The van der Waals surface area contributed by atoms with Gasteiger partial charge in [0.1, 0.15) is 11.5 Å². The van der Waals surface area contributed by atoms with Gasteiger partial charge in [-0.1, -0.05) is 17.7 Å². The molecule has 1 amide bonds. The van der Waals surface area contributed by atoms with Crippen molar-refractivity contribution in [2.75, 3.05) is 32.8 Å². The first-order valence-corrected chi connectivity index (χ1v) is 9.50. The van der Waals surface area contributed by atoms with E-state index in [-0.39, 0.29) is 5.91 Å². The van der Waals surface area contributed by atoms with Crippen LogP contribution in [-0.4, -0.2) is 33.3 Å². The minimum atomic E-state index is -0.144. The summed E-state index contributed by atoms with van der Waals surface area (Å²) in [4.78, 5) is 12.4. The van der Waals surface area contributed by atoms with E-state index in [9.17, 15) is 4.79 Å². The summed E-state index contributed by atoms with van der Waals surface area (Å²) in [6, 6.07) is 8.97. The van der Waals surface area contributed by atoms with Crippen molar-refractivity contribution in [1.82, 2.24) is 0 Å². The Bertz CT molecular complexity index is 810. The second-order valence-electron chi connectivity index (χ2n) is 5.88. The number of amides is 1. The molecule has 2 aromatic carbocycles. The number of rotatable bonds is 10. The molecular formula is C21H26ClNO5. The molecule has 0 spiro atoms. The molecule has 152 valence electrons. The van der Waals surface area contributed by atoms with Crippen molar-refractivity contribution in [3.05, 3.63) is 40.9 Å². The number of ether oxygens (including phenoxy) is 4. The Morgan fingerprint density at radius 2 is 1.61 bits per heavy atom. The van der Waals surface area contributed by atoms with Crippen LogP contribution in [0.25, 0.3) is 0 Å². The predicted octanol–water partition coefficient (Wildman–Crippen LogP) is 4.73. The van der Waals surface area contributed by atoms with Gasteiger partial charge in [0.05, 0.1) is 38.1 Å². The first kappa shape index (κ1) is 21.7. The number of carbonyl (C=O) groups excluding carboxylic acids is 1. The lowest BCUT2D eigenvalue weighted by Crippen LogP contribution is -2.13. The first-order valence-electron chi connectivity index (χ1n) is 9.12. The Balaban J connectivity index is 2.05. The highest BCUT2D eigenvalue weighted by Crippen LogP contribution is 2.36. The van der Waals surface area contributed by atoms with Crippen LogP contribution in [0, 0.1) is 0 Å². The van der Waals surface area contributed by atoms with Crippen LogP contribution in [-0.2, 0) is 11.2 Å². The Hall–Kier alpha value is -2.60. The SMILES string of the molecule is CCOc1ccc(CCC(=O)Nc2cc(OC)c(Cl)cc2OC)cc1OCC. The van der Waals surface area contributed by atoms with E-state index in [2.05, 4.69) is 5.32 Å². The quantitative estimate of drug-likeness (QED) is 0.617. The number of hydrogen-bond donors (Lipinski definition) is 1. The van der Waals surface area contributed by atoms with E-state index in [1.165, 1.54) is 14.2 Å². The largest absolute Gasteiger partial charge is 0.495 e. The van der Waals surface area contributed by atoms with Gasteiger partial charge in [-0.05, 0) is 38.0 Å². The molecule has 0 aliphatic rings. The van der Waals surface area contributed by atoms with Crippen LogP contribution in [0.15, 0.2) is 30.3 Å². The molecule has 0 saturated carbocycles. The first-order chi connectivity index (χ1) is 13.5. The summed E-state index contributed by atoms with van der Waals surface area (Å²) in [6.45, 7) is 4.95. The summed E-state index contributed by atoms with van der Waals surface area (Å²) in [5.74, 6) is 2.18. The van der Waals surface area contributed by atoms with Gasteiger partial charge in [-0.15, -0.1) is 0 Å². The molecule has 2 rings (SSSR count). The Labute approximate surface area is 170 Å². The molecule has 0 aliphatic heterocycles. The average Bonchev–Trinajstić information content (AvgIpc) is 2.69. The maximum Gasteiger partial charge on any atom is 0.224 e. The fourth-order valence-corrected chi connectivity index (χ4v) is 2.91. The molecule has 0 fully saturated rings. The topological polar surface area (TPSA) is 66.0 Å². The highest BCUT2D eigenvalue weighted by molar-refractivity contribution is 6.32. The summed E-state index contributed by atoms with van der Waals surface area (Å²) >= 11 is 6.09. The fourth-order valence-electron chi connectivity index (χ4n) is 2.68. The Kier molecular flexibility index (Phi) is 8.26. The maximum absolute atomic E-state index is 12.4. The zero-order valence-corrected chi connectivity index (χ0v) is 17.4. The molecule has 0 atom stereocenters. The number of halogens is 1. The second kappa shape index (κ2) is 10.7. The van der Waals surface area contributed by atoms with Crippen molar-refractivity contribution < 1.29 is 23.7 Å². The van der Waals surface area contributed by atoms with E-state index < -0.39 is 0 Å². The molecule has 0 heterocycles.